The van der Waals surface area contributed by atoms with E-state index in [0.717, 1.165) is 5.56 Å². The van der Waals surface area contributed by atoms with E-state index in [1.165, 1.54) is 6.07 Å². The maximum atomic E-state index is 10.9. The molecule has 0 bridgehead atoms. The molecular formula is C12H12O3. The molecule has 3 heteroatoms. The van der Waals surface area contributed by atoms with Gasteiger partial charge in [-0.3, -0.25) is 0 Å². The molecule has 1 atom stereocenters. The zero-order valence-electron chi connectivity index (χ0n) is 8.65. The molecule has 0 fully saturated rings. The Morgan fingerprint density at radius 3 is 2.80 bits per heavy atom. The third-order valence-electron chi connectivity index (χ3n) is 1.97. The van der Waals surface area contributed by atoms with E-state index in [1.54, 1.807) is 26.0 Å². The first-order valence-electron chi connectivity index (χ1n) is 4.52. The van der Waals surface area contributed by atoms with Crippen molar-refractivity contribution in [3.63, 3.8) is 0 Å². The molecule has 0 heterocycles. The minimum absolute atomic E-state index is 0.136. The van der Waals surface area contributed by atoms with Gasteiger partial charge < -0.3 is 9.84 Å². The van der Waals surface area contributed by atoms with Gasteiger partial charge in [-0.15, -0.1) is 6.42 Å². The average molecular weight is 204 g/mol. The number of hydrogen-bond acceptors (Lipinski definition) is 2. The van der Waals surface area contributed by atoms with E-state index in [2.05, 4.69) is 5.92 Å². The van der Waals surface area contributed by atoms with Crippen molar-refractivity contribution in [2.75, 3.05) is 0 Å². The number of hydrogen-bond donors (Lipinski definition) is 1. The number of para-hydroxylation sites is 1. The summed E-state index contributed by atoms with van der Waals surface area (Å²) in [6.07, 6.45) is 4.73. The number of aryl methyl sites for hydroxylation is 1. The molecule has 0 amide bonds. The number of carboxylic acids is 1. The second-order valence-electron chi connectivity index (χ2n) is 3.18. The minimum atomic E-state index is -1.02. The first-order chi connectivity index (χ1) is 7.06. The first-order valence-corrected chi connectivity index (χ1v) is 4.52. The van der Waals surface area contributed by atoms with Crippen molar-refractivity contribution in [2.45, 2.75) is 20.0 Å². The highest BCUT2D eigenvalue weighted by molar-refractivity contribution is 5.91. The Hall–Kier alpha value is -1.95. The smallest absolute Gasteiger partial charge is 0.339 e. The fraction of sp³-hybridized carbons (Fsp3) is 0.250. The normalized spacial score (nSPS) is 11.5. The molecule has 0 saturated carbocycles. The quantitative estimate of drug-likeness (QED) is 0.767. The van der Waals surface area contributed by atoms with Crippen LogP contribution in [0.5, 0.6) is 5.75 Å². The summed E-state index contributed by atoms with van der Waals surface area (Å²) >= 11 is 0. The second-order valence-corrected chi connectivity index (χ2v) is 3.18. The van der Waals surface area contributed by atoms with Crippen molar-refractivity contribution < 1.29 is 14.6 Å². The van der Waals surface area contributed by atoms with Gasteiger partial charge in [-0.05, 0) is 25.5 Å². The predicted molar refractivity (Wildman–Crippen MR) is 57.1 cm³/mol. The van der Waals surface area contributed by atoms with Crippen LogP contribution < -0.4 is 4.74 Å². The third-order valence-corrected chi connectivity index (χ3v) is 1.97. The maximum Gasteiger partial charge on any atom is 0.339 e. The summed E-state index contributed by atoms with van der Waals surface area (Å²) in [5.74, 6) is 1.72. The lowest BCUT2D eigenvalue weighted by Crippen LogP contribution is -2.12. The lowest BCUT2D eigenvalue weighted by Gasteiger charge is -2.13. The van der Waals surface area contributed by atoms with Crippen LogP contribution in [0.1, 0.15) is 22.8 Å². The van der Waals surface area contributed by atoms with Gasteiger partial charge in [0.25, 0.3) is 0 Å². The average Bonchev–Trinajstić information content (AvgIpc) is 2.20. The topological polar surface area (TPSA) is 46.5 Å². The molecule has 0 saturated heterocycles. The van der Waals surface area contributed by atoms with E-state index in [4.69, 9.17) is 16.3 Å². The Labute approximate surface area is 88.7 Å². The monoisotopic (exact) mass is 204 g/mol. The van der Waals surface area contributed by atoms with Gasteiger partial charge in [0.1, 0.15) is 11.3 Å². The molecule has 1 rings (SSSR count). The maximum absolute atomic E-state index is 10.9. The molecule has 1 unspecified atom stereocenters. The Kier molecular flexibility index (Phi) is 3.35. The van der Waals surface area contributed by atoms with Crippen LogP contribution in [0.4, 0.5) is 0 Å². The zero-order valence-corrected chi connectivity index (χ0v) is 8.65. The fourth-order valence-electron chi connectivity index (χ4n) is 1.19. The van der Waals surface area contributed by atoms with Gasteiger partial charge in [0.05, 0.1) is 0 Å². The summed E-state index contributed by atoms with van der Waals surface area (Å²) in [5.41, 5.74) is 0.897. The predicted octanol–water partition coefficient (Wildman–Crippen LogP) is 2.09. The summed E-state index contributed by atoms with van der Waals surface area (Å²) in [4.78, 5) is 10.9. The number of carbonyl (C=O) groups is 1. The summed E-state index contributed by atoms with van der Waals surface area (Å²) in [7, 11) is 0. The van der Waals surface area contributed by atoms with Crippen LogP contribution in [0.3, 0.4) is 0 Å². The summed E-state index contributed by atoms with van der Waals surface area (Å²) in [6.45, 7) is 3.48. The summed E-state index contributed by atoms with van der Waals surface area (Å²) in [5, 5.41) is 8.94. The first kappa shape index (κ1) is 11.1. The van der Waals surface area contributed by atoms with Crippen molar-refractivity contribution >= 4 is 5.97 Å². The zero-order chi connectivity index (χ0) is 11.4. The van der Waals surface area contributed by atoms with E-state index in [-0.39, 0.29) is 5.56 Å². The molecule has 78 valence electrons. The molecular weight excluding hydrogens is 192 g/mol. The van der Waals surface area contributed by atoms with Crippen molar-refractivity contribution in [2.24, 2.45) is 0 Å². The Morgan fingerprint density at radius 2 is 2.27 bits per heavy atom. The second kappa shape index (κ2) is 4.52. The number of terminal acetylenes is 1. The number of benzene rings is 1. The van der Waals surface area contributed by atoms with E-state index < -0.39 is 12.1 Å². The van der Waals surface area contributed by atoms with E-state index in [0.29, 0.717) is 5.75 Å². The number of rotatable bonds is 3. The van der Waals surface area contributed by atoms with Crippen molar-refractivity contribution in [3.8, 4) is 18.1 Å². The van der Waals surface area contributed by atoms with Gasteiger partial charge in [0, 0.05) is 0 Å². The highest BCUT2D eigenvalue weighted by Crippen LogP contribution is 2.24. The molecule has 1 aromatic rings. The Balaban J connectivity index is 3.14. The van der Waals surface area contributed by atoms with Crippen LogP contribution in [0.15, 0.2) is 18.2 Å². The van der Waals surface area contributed by atoms with E-state index in [9.17, 15) is 4.79 Å². The van der Waals surface area contributed by atoms with Crippen LogP contribution in [0.25, 0.3) is 0 Å². The molecule has 1 N–H and O–H groups in total. The van der Waals surface area contributed by atoms with Gasteiger partial charge in [-0.25, -0.2) is 4.79 Å². The van der Waals surface area contributed by atoms with Crippen LogP contribution in [0, 0.1) is 19.3 Å². The lowest BCUT2D eigenvalue weighted by molar-refractivity contribution is 0.0691. The van der Waals surface area contributed by atoms with Crippen LogP contribution in [0.2, 0.25) is 0 Å². The van der Waals surface area contributed by atoms with Gasteiger partial charge in [0.2, 0.25) is 0 Å². The Morgan fingerprint density at radius 1 is 1.60 bits per heavy atom. The standard InChI is InChI=1S/C12H12O3/c1-4-9(3)15-11-8(2)6-5-7-10(11)12(13)14/h1,5-7,9H,2-3H3,(H,13,14). The summed E-state index contributed by atoms with van der Waals surface area (Å²) < 4.78 is 5.37. The van der Waals surface area contributed by atoms with Crippen LogP contribution >= 0.6 is 0 Å². The number of ether oxygens (including phenoxy) is 1. The molecule has 1 aromatic carbocycles. The molecule has 0 aromatic heterocycles. The third kappa shape index (κ3) is 2.50. The molecule has 0 spiro atoms. The molecule has 0 aliphatic rings. The van der Waals surface area contributed by atoms with Crippen molar-refractivity contribution in [1.29, 1.82) is 0 Å². The van der Waals surface area contributed by atoms with E-state index >= 15 is 0 Å². The summed E-state index contributed by atoms with van der Waals surface area (Å²) in [6, 6.07) is 4.95. The van der Waals surface area contributed by atoms with Gasteiger partial charge in [-0.2, -0.15) is 0 Å². The van der Waals surface area contributed by atoms with Gasteiger partial charge >= 0.3 is 5.97 Å². The lowest BCUT2D eigenvalue weighted by atomic mass is 10.1. The SMILES string of the molecule is C#CC(C)Oc1c(C)cccc1C(=O)O. The largest absolute Gasteiger partial charge is 0.478 e. The van der Waals surface area contributed by atoms with Gasteiger partial charge in [0.15, 0.2) is 6.10 Å². The highest BCUT2D eigenvalue weighted by Gasteiger charge is 2.14. The highest BCUT2D eigenvalue weighted by atomic mass is 16.5. The number of carboxylic acid groups (broad SMARTS) is 1. The molecule has 0 aliphatic heterocycles. The van der Waals surface area contributed by atoms with E-state index in [1.807, 2.05) is 0 Å². The molecule has 0 radical (unpaired) electrons. The molecule has 15 heavy (non-hydrogen) atoms. The van der Waals surface area contributed by atoms with Crippen molar-refractivity contribution in [3.05, 3.63) is 29.3 Å². The fourth-order valence-corrected chi connectivity index (χ4v) is 1.19. The Bertz CT molecular complexity index is 415. The molecule has 0 aliphatic carbocycles. The number of aromatic carboxylic acids is 1. The van der Waals surface area contributed by atoms with Crippen LogP contribution in [-0.4, -0.2) is 17.2 Å². The van der Waals surface area contributed by atoms with Crippen molar-refractivity contribution in [1.82, 2.24) is 0 Å². The molecule has 3 nitrogen and oxygen atoms in total. The van der Waals surface area contributed by atoms with Gasteiger partial charge in [-0.1, -0.05) is 18.1 Å². The van der Waals surface area contributed by atoms with Crippen LogP contribution in [-0.2, 0) is 0 Å². The minimum Gasteiger partial charge on any atom is -0.478 e.